The fourth-order valence-corrected chi connectivity index (χ4v) is 7.00. The van der Waals surface area contributed by atoms with Gasteiger partial charge in [0.2, 0.25) is 23.5 Å². The summed E-state index contributed by atoms with van der Waals surface area (Å²) in [6.45, 7) is 5.08. The van der Waals surface area contributed by atoms with Gasteiger partial charge in [0.1, 0.15) is 38.6 Å². The van der Waals surface area contributed by atoms with Gasteiger partial charge in [-0.05, 0) is 71.5 Å². The average molecular weight is 923 g/mol. The number of aliphatic hydroxyl groups excluding tert-OH is 2. The predicted octanol–water partition coefficient (Wildman–Crippen LogP) is 5.46. The first kappa shape index (κ1) is 49.4. The molecule has 4 aromatic heterocycles. The third-order valence-electron chi connectivity index (χ3n) is 10.6. The molecule has 0 bridgehead atoms. The lowest BCUT2D eigenvalue weighted by atomic mass is 9.92. The van der Waals surface area contributed by atoms with Crippen molar-refractivity contribution in [2.75, 3.05) is 13.1 Å². The monoisotopic (exact) mass is 922 g/mol. The molecule has 0 radical (unpaired) electrons. The average Bonchev–Trinajstić information content (AvgIpc) is 3.32. The standard InChI is InChI=1S/C50H50N8O10/c1-31-39(29-65-45-11-9-37(23-55-25-41(59)15-47(61)62)49(57-45)67-27-35-13-33(17-51)19-53-21-35)5-3-7-43(31)44-8-4-6-40(32(44)2)30-66-46-12-10-38(24-56-26-42(60)16-48(63)64)50(58-46)68-28-36-14-34(18-52)20-54-22-36/h3-14,19-22,41-42,55-56,59-60H,15-16,23-30H2,1-2H3,(H,61,62)(H,63,64). The van der Waals surface area contributed by atoms with Gasteiger partial charge in [-0.1, -0.05) is 36.4 Å². The summed E-state index contributed by atoms with van der Waals surface area (Å²) in [4.78, 5) is 39.5. The molecule has 0 fully saturated rings. The molecule has 0 spiro atoms. The Morgan fingerprint density at radius 2 is 1.01 bits per heavy atom. The number of aliphatic hydroxyl groups is 2. The minimum atomic E-state index is -1.10. The van der Waals surface area contributed by atoms with E-state index in [-0.39, 0.29) is 64.4 Å². The quantitative estimate of drug-likeness (QED) is 0.0416. The number of carbonyl (C=O) groups is 2. The zero-order valence-corrected chi connectivity index (χ0v) is 37.4. The Hall–Kier alpha value is -8.00. The first-order chi connectivity index (χ1) is 32.9. The first-order valence-electron chi connectivity index (χ1n) is 21.5. The van der Waals surface area contributed by atoms with Gasteiger partial charge in [-0.3, -0.25) is 19.6 Å². The van der Waals surface area contributed by atoms with Gasteiger partial charge in [0, 0.05) is 85.4 Å². The summed E-state index contributed by atoms with van der Waals surface area (Å²) in [5.41, 5.74) is 9.19. The van der Waals surface area contributed by atoms with E-state index in [1.165, 1.54) is 12.4 Å². The highest BCUT2D eigenvalue weighted by Gasteiger charge is 2.17. The highest BCUT2D eigenvalue weighted by molar-refractivity contribution is 5.72. The lowest BCUT2D eigenvalue weighted by molar-refractivity contribution is -0.140. The van der Waals surface area contributed by atoms with Crippen LogP contribution in [-0.4, -0.2) is 77.6 Å². The molecule has 2 atom stereocenters. The fourth-order valence-electron chi connectivity index (χ4n) is 7.00. The Morgan fingerprint density at radius 3 is 1.41 bits per heavy atom. The number of aliphatic carboxylic acids is 2. The molecule has 18 heteroatoms. The molecule has 2 unspecified atom stereocenters. The summed E-state index contributed by atoms with van der Waals surface area (Å²) in [7, 11) is 0. The van der Waals surface area contributed by atoms with E-state index in [1.807, 2.05) is 50.2 Å². The third-order valence-corrected chi connectivity index (χ3v) is 10.6. The van der Waals surface area contributed by atoms with E-state index in [4.69, 9.17) is 29.2 Å². The molecule has 0 saturated heterocycles. The van der Waals surface area contributed by atoms with E-state index in [0.29, 0.717) is 45.1 Å². The molecule has 6 aromatic rings. The van der Waals surface area contributed by atoms with Crippen LogP contribution in [0.2, 0.25) is 0 Å². The summed E-state index contributed by atoms with van der Waals surface area (Å²) in [6.07, 6.45) is 3.14. The molecule has 0 amide bonds. The van der Waals surface area contributed by atoms with Gasteiger partial charge in [-0.25, -0.2) is 0 Å². The van der Waals surface area contributed by atoms with Crippen LogP contribution in [0.25, 0.3) is 11.1 Å². The van der Waals surface area contributed by atoms with Crippen molar-refractivity contribution in [3.8, 4) is 46.8 Å². The summed E-state index contributed by atoms with van der Waals surface area (Å²) >= 11 is 0. The molecule has 0 aliphatic heterocycles. The maximum Gasteiger partial charge on any atom is 0.306 e. The van der Waals surface area contributed by atoms with Crippen LogP contribution < -0.4 is 29.6 Å². The molecule has 6 rings (SSSR count). The van der Waals surface area contributed by atoms with Crippen molar-refractivity contribution in [2.24, 2.45) is 0 Å². The van der Waals surface area contributed by atoms with Crippen LogP contribution >= 0.6 is 0 Å². The lowest BCUT2D eigenvalue weighted by Gasteiger charge is -2.17. The third kappa shape index (κ3) is 14.5. The largest absolute Gasteiger partial charge is 0.481 e. The second-order valence-electron chi connectivity index (χ2n) is 15.7. The Morgan fingerprint density at radius 1 is 0.588 bits per heavy atom. The number of carboxylic acid groups (broad SMARTS) is 2. The van der Waals surface area contributed by atoms with Crippen molar-refractivity contribution < 1.29 is 49.0 Å². The van der Waals surface area contributed by atoms with E-state index in [0.717, 1.165) is 33.4 Å². The van der Waals surface area contributed by atoms with Crippen molar-refractivity contribution >= 4 is 11.9 Å². The zero-order valence-electron chi connectivity index (χ0n) is 37.4. The Labute approximate surface area is 392 Å². The van der Waals surface area contributed by atoms with Crippen molar-refractivity contribution in [1.82, 2.24) is 30.6 Å². The minimum Gasteiger partial charge on any atom is -0.481 e. The van der Waals surface area contributed by atoms with Crippen LogP contribution in [0.4, 0.5) is 0 Å². The maximum atomic E-state index is 11.0. The predicted molar refractivity (Wildman–Crippen MR) is 245 cm³/mol. The van der Waals surface area contributed by atoms with E-state index < -0.39 is 37.0 Å². The van der Waals surface area contributed by atoms with E-state index in [1.54, 1.807) is 48.8 Å². The van der Waals surface area contributed by atoms with Crippen LogP contribution in [0.5, 0.6) is 23.5 Å². The fraction of sp³-hybridized carbons (Fsp3) is 0.280. The van der Waals surface area contributed by atoms with Crippen LogP contribution in [0, 0.1) is 36.5 Å². The Balaban J connectivity index is 1.15. The molecule has 0 saturated carbocycles. The second kappa shape index (κ2) is 24.5. The Bertz CT molecular complexity index is 2600. The Kier molecular flexibility index (Phi) is 17.8. The number of nitrogens with zero attached hydrogens (tertiary/aromatic N) is 6. The number of benzene rings is 2. The van der Waals surface area contributed by atoms with Crippen molar-refractivity contribution in [1.29, 1.82) is 10.5 Å². The van der Waals surface area contributed by atoms with Gasteiger partial charge in [-0.15, -0.1) is 0 Å². The summed E-state index contributed by atoms with van der Waals surface area (Å²) < 4.78 is 24.6. The van der Waals surface area contributed by atoms with Crippen LogP contribution in [0.15, 0.2) is 97.6 Å². The molecular formula is C50H50N8O10. The molecule has 2 aromatic carbocycles. The molecular weight excluding hydrogens is 873 g/mol. The van der Waals surface area contributed by atoms with Gasteiger partial charge in [0.25, 0.3) is 0 Å². The molecule has 68 heavy (non-hydrogen) atoms. The molecule has 4 heterocycles. The maximum absolute atomic E-state index is 11.0. The highest BCUT2D eigenvalue weighted by Crippen LogP contribution is 2.32. The number of hydrogen-bond acceptors (Lipinski definition) is 16. The van der Waals surface area contributed by atoms with Crippen molar-refractivity contribution in [3.63, 3.8) is 0 Å². The zero-order chi connectivity index (χ0) is 48.4. The van der Waals surface area contributed by atoms with Crippen LogP contribution in [-0.2, 0) is 49.1 Å². The second-order valence-corrected chi connectivity index (χ2v) is 15.7. The lowest BCUT2D eigenvalue weighted by Crippen LogP contribution is -2.28. The van der Waals surface area contributed by atoms with E-state index in [2.05, 4.69) is 42.7 Å². The number of aromatic nitrogens is 4. The first-order valence-corrected chi connectivity index (χ1v) is 21.5. The number of ether oxygens (including phenoxy) is 4. The number of pyridine rings is 4. The number of rotatable bonds is 25. The van der Waals surface area contributed by atoms with Gasteiger partial charge < -0.3 is 50.0 Å². The van der Waals surface area contributed by atoms with E-state index >= 15 is 0 Å². The molecule has 0 aliphatic rings. The SMILES string of the molecule is Cc1c(COc2ccc(CNCC(O)CC(=O)O)c(OCc3cncc(C#N)c3)n2)cccc1-c1cccc(COc2ccc(CNCC(O)CC(=O)O)c(OCc3cncc(C#N)c3)n2)c1C. The topological polar surface area (TPSA) is 275 Å². The molecule has 0 aliphatic carbocycles. The molecule has 18 nitrogen and oxygen atoms in total. The van der Waals surface area contributed by atoms with Gasteiger partial charge in [0.05, 0.1) is 36.2 Å². The smallest absolute Gasteiger partial charge is 0.306 e. The van der Waals surface area contributed by atoms with Crippen LogP contribution in [0.1, 0.15) is 68.5 Å². The van der Waals surface area contributed by atoms with Gasteiger partial charge in [0.15, 0.2) is 0 Å². The van der Waals surface area contributed by atoms with Gasteiger partial charge >= 0.3 is 11.9 Å². The van der Waals surface area contributed by atoms with Crippen molar-refractivity contribution in [2.45, 2.75) is 78.4 Å². The number of carboxylic acids is 2. The number of hydrogen-bond donors (Lipinski definition) is 6. The summed E-state index contributed by atoms with van der Waals surface area (Å²) in [6, 6.07) is 26.4. The molecule has 6 N–H and O–H groups in total. The minimum absolute atomic E-state index is 0.0394. The number of nitriles is 2. The van der Waals surface area contributed by atoms with Crippen molar-refractivity contribution in [3.05, 3.63) is 153 Å². The number of nitrogens with one attached hydrogen (secondary N) is 2. The molecule has 350 valence electrons. The van der Waals surface area contributed by atoms with Crippen LogP contribution in [0.3, 0.4) is 0 Å². The van der Waals surface area contributed by atoms with E-state index in [9.17, 15) is 30.3 Å². The van der Waals surface area contributed by atoms with Gasteiger partial charge in [-0.2, -0.15) is 20.5 Å². The highest BCUT2D eigenvalue weighted by atomic mass is 16.5. The normalized spacial score (nSPS) is 11.7. The summed E-state index contributed by atoms with van der Waals surface area (Å²) in [5.74, 6) is -1.11. The summed E-state index contributed by atoms with van der Waals surface area (Å²) in [5, 5.41) is 62.8.